The van der Waals surface area contributed by atoms with Crippen LogP contribution in [0.25, 0.3) is 0 Å². The van der Waals surface area contributed by atoms with Gasteiger partial charge in [0, 0.05) is 12.5 Å². The molecule has 1 atom stereocenters. The average Bonchev–Trinajstić information content (AvgIpc) is 2.67. The Labute approximate surface area is 105 Å². The predicted octanol–water partition coefficient (Wildman–Crippen LogP) is 0.885. The first-order valence-corrected chi connectivity index (χ1v) is 5.78. The number of benzene rings is 1. The standard InChI is InChI=1S/C13H15NO4/c1-8(2)18-13(17)14-7-10(12(15)16)9-5-3-4-6-11(9)14/h3-6,8,10H,7H2,1-2H3,(H,15,16)/p-1. The van der Waals surface area contributed by atoms with Crippen LogP contribution in [0, 0.1) is 0 Å². The number of carbonyl (C=O) groups is 2. The lowest BCUT2D eigenvalue weighted by Gasteiger charge is -2.19. The molecule has 1 unspecified atom stereocenters. The van der Waals surface area contributed by atoms with Gasteiger partial charge in [-0.25, -0.2) is 4.79 Å². The van der Waals surface area contributed by atoms with Crippen LogP contribution >= 0.6 is 0 Å². The van der Waals surface area contributed by atoms with Gasteiger partial charge in [0.1, 0.15) is 0 Å². The number of carbonyl (C=O) groups excluding carboxylic acids is 2. The van der Waals surface area contributed by atoms with Gasteiger partial charge in [-0.05, 0) is 25.5 Å². The van der Waals surface area contributed by atoms with E-state index in [1.807, 2.05) is 0 Å². The molecule has 1 amide bonds. The normalized spacial score (nSPS) is 17.7. The van der Waals surface area contributed by atoms with E-state index in [0.29, 0.717) is 11.3 Å². The second-order valence-corrected chi connectivity index (χ2v) is 4.47. The van der Waals surface area contributed by atoms with Crippen molar-refractivity contribution in [2.45, 2.75) is 25.9 Å². The maximum Gasteiger partial charge on any atom is 0.414 e. The van der Waals surface area contributed by atoms with Gasteiger partial charge in [0.15, 0.2) is 0 Å². The van der Waals surface area contributed by atoms with E-state index in [4.69, 9.17) is 4.74 Å². The molecule has 1 aromatic carbocycles. The quantitative estimate of drug-likeness (QED) is 0.779. The summed E-state index contributed by atoms with van der Waals surface area (Å²) < 4.78 is 5.09. The van der Waals surface area contributed by atoms with Gasteiger partial charge in [0.2, 0.25) is 0 Å². The largest absolute Gasteiger partial charge is 0.549 e. The molecule has 0 radical (unpaired) electrons. The van der Waals surface area contributed by atoms with Crippen molar-refractivity contribution in [3.8, 4) is 0 Å². The van der Waals surface area contributed by atoms with Gasteiger partial charge < -0.3 is 14.6 Å². The van der Waals surface area contributed by atoms with Crippen molar-refractivity contribution < 1.29 is 19.4 Å². The van der Waals surface area contributed by atoms with Crippen molar-refractivity contribution in [2.75, 3.05) is 11.4 Å². The van der Waals surface area contributed by atoms with E-state index in [2.05, 4.69) is 0 Å². The minimum Gasteiger partial charge on any atom is -0.549 e. The van der Waals surface area contributed by atoms with Gasteiger partial charge in [-0.3, -0.25) is 4.90 Å². The zero-order valence-electron chi connectivity index (χ0n) is 10.3. The number of aliphatic carboxylic acids is 1. The molecule has 0 bridgehead atoms. The Morgan fingerprint density at radius 3 is 2.67 bits per heavy atom. The summed E-state index contributed by atoms with van der Waals surface area (Å²) in [5, 5.41) is 11.1. The zero-order chi connectivity index (χ0) is 13.3. The van der Waals surface area contributed by atoms with Gasteiger partial charge in [0.05, 0.1) is 17.8 Å². The van der Waals surface area contributed by atoms with Crippen molar-refractivity contribution in [1.82, 2.24) is 0 Å². The molecule has 1 aliphatic heterocycles. The molecular weight excluding hydrogens is 234 g/mol. The van der Waals surface area contributed by atoms with Crippen LogP contribution in [0.2, 0.25) is 0 Å². The number of carboxylic acids is 1. The summed E-state index contributed by atoms with van der Waals surface area (Å²) in [7, 11) is 0. The number of para-hydroxylation sites is 1. The second-order valence-electron chi connectivity index (χ2n) is 4.47. The van der Waals surface area contributed by atoms with Crippen LogP contribution in [0.1, 0.15) is 25.3 Å². The maximum absolute atomic E-state index is 11.9. The first kappa shape index (κ1) is 12.4. The number of fused-ring (bicyclic) bond motifs is 1. The number of amides is 1. The molecule has 0 saturated heterocycles. The van der Waals surface area contributed by atoms with Crippen molar-refractivity contribution in [3.63, 3.8) is 0 Å². The van der Waals surface area contributed by atoms with Gasteiger partial charge in [-0.1, -0.05) is 18.2 Å². The molecular formula is C13H14NO4-. The predicted molar refractivity (Wildman–Crippen MR) is 63.2 cm³/mol. The maximum atomic E-state index is 11.9. The summed E-state index contributed by atoms with van der Waals surface area (Å²) in [6, 6.07) is 6.90. The first-order valence-electron chi connectivity index (χ1n) is 5.78. The van der Waals surface area contributed by atoms with Crippen LogP contribution in [-0.2, 0) is 9.53 Å². The number of hydrogen-bond donors (Lipinski definition) is 0. The van der Waals surface area contributed by atoms with E-state index in [0.717, 1.165) is 0 Å². The van der Waals surface area contributed by atoms with Gasteiger partial charge in [-0.2, -0.15) is 0 Å². The number of nitrogens with zero attached hydrogens (tertiary/aromatic N) is 1. The van der Waals surface area contributed by atoms with E-state index >= 15 is 0 Å². The SMILES string of the molecule is CC(C)OC(=O)N1CC(C(=O)[O-])c2ccccc21. The Kier molecular flexibility index (Phi) is 3.23. The molecule has 2 rings (SSSR count). The van der Waals surface area contributed by atoms with Crippen LogP contribution in [0.4, 0.5) is 10.5 Å². The fourth-order valence-electron chi connectivity index (χ4n) is 2.05. The summed E-state index contributed by atoms with van der Waals surface area (Å²) in [5.74, 6) is -1.97. The Hall–Kier alpha value is -2.04. The molecule has 0 aromatic heterocycles. The molecule has 5 nitrogen and oxygen atoms in total. The van der Waals surface area contributed by atoms with Crippen LogP contribution in [0.3, 0.4) is 0 Å². The number of ether oxygens (including phenoxy) is 1. The highest BCUT2D eigenvalue weighted by Gasteiger charge is 2.33. The van der Waals surface area contributed by atoms with E-state index in [9.17, 15) is 14.7 Å². The molecule has 0 aliphatic carbocycles. The molecule has 0 fully saturated rings. The molecule has 1 heterocycles. The Morgan fingerprint density at radius 2 is 2.06 bits per heavy atom. The molecule has 1 aromatic rings. The monoisotopic (exact) mass is 248 g/mol. The summed E-state index contributed by atoms with van der Waals surface area (Å²) in [4.78, 5) is 24.3. The van der Waals surface area contributed by atoms with Crippen LogP contribution in [-0.4, -0.2) is 24.7 Å². The number of hydrogen-bond acceptors (Lipinski definition) is 4. The van der Waals surface area contributed by atoms with Crippen molar-refractivity contribution >= 4 is 17.7 Å². The highest BCUT2D eigenvalue weighted by molar-refractivity contribution is 5.95. The fourth-order valence-corrected chi connectivity index (χ4v) is 2.05. The van der Waals surface area contributed by atoms with Gasteiger partial charge in [-0.15, -0.1) is 0 Å². The molecule has 0 saturated carbocycles. The third-order valence-corrected chi connectivity index (χ3v) is 2.81. The minimum absolute atomic E-state index is 0.0627. The Balaban J connectivity index is 2.31. The summed E-state index contributed by atoms with van der Waals surface area (Å²) in [5.41, 5.74) is 1.18. The van der Waals surface area contributed by atoms with E-state index < -0.39 is 18.0 Å². The summed E-state index contributed by atoms with van der Waals surface area (Å²) in [6.07, 6.45) is -0.770. The smallest absolute Gasteiger partial charge is 0.414 e. The van der Waals surface area contributed by atoms with Crippen molar-refractivity contribution in [1.29, 1.82) is 0 Å². The zero-order valence-corrected chi connectivity index (χ0v) is 10.3. The second kappa shape index (κ2) is 4.68. The van der Waals surface area contributed by atoms with Crippen LogP contribution < -0.4 is 10.0 Å². The lowest BCUT2D eigenvalue weighted by Crippen LogP contribution is -2.36. The topological polar surface area (TPSA) is 69.7 Å². The van der Waals surface area contributed by atoms with Crippen molar-refractivity contribution in [3.05, 3.63) is 29.8 Å². The highest BCUT2D eigenvalue weighted by Crippen LogP contribution is 2.36. The van der Waals surface area contributed by atoms with Crippen molar-refractivity contribution in [2.24, 2.45) is 0 Å². The van der Waals surface area contributed by atoms with Crippen LogP contribution in [0.5, 0.6) is 0 Å². The number of rotatable bonds is 2. The average molecular weight is 248 g/mol. The Bertz CT molecular complexity index is 484. The molecule has 96 valence electrons. The molecule has 18 heavy (non-hydrogen) atoms. The third kappa shape index (κ3) is 2.16. The Morgan fingerprint density at radius 1 is 1.39 bits per heavy atom. The molecule has 1 aliphatic rings. The highest BCUT2D eigenvalue weighted by atomic mass is 16.6. The molecule has 5 heteroatoms. The number of anilines is 1. The van der Waals surface area contributed by atoms with E-state index in [1.165, 1.54) is 4.90 Å². The summed E-state index contributed by atoms with van der Waals surface area (Å²) in [6.45, 7) is 3.56. The number of carboxylic acid groups (broad SMARTS) is 1. The van der Waals surface area contributed by atoms with Gasteiger partial charge in [0.25, 0.3) is 0 Å². The fraction of sp³-hybridized carbons (Fsp3) is 0.385. The minimum atomic E-state index is -1.18. The third-order valence-electron chi connectivity index (χ3n) is 2.81. The summed E-state index contributed by atoms with van der Waals surface area (Å²) >= 11 is 0. The van der Waals surface area contributed by atoms with Gasteiger partial charge >= 0.3 is 6.09 Å². The molecule has 0 N–H and O–H groups in total. The van der Waals surface area contributed by atoms with E-state index in [1.54, 1.807) is 38.1 Å². The van der Waals surface area contributed by atoms with Crippen LogP contribution in [0.15, 0.2) is 24.3 Å². The lowest BCUT2D eigenvalue weighted by atomic mass is 10.0. The molecule has 0 spiro atoms. The van der Waals surface area contributed by atoms with E-state index in [-0.39, 0.29) is 12.6 Å². The first-order chi connectivity index (χ1) is 8.50. The lowest BCUT2D eigenvalue weighted by molar-refractivity contribution is -0.307.